The number of hydrogen-bond donors (Lipinski definition) is 10. The molecular weight excluding hydrogens is 1010 g/mol. The highest BCUT2D eigenvalue weighted by atomic mass is 16.5. The number of hydrogen-bond acceptors (Lipinski definition) is 14. The number of carboxylic acid groups (broad SMARTS) is 2. The topological polar surface area (TPSA) is 332 Å². The van der Waals surface area contributed by atoms with Crippen molar-refractivity contribution in [1.29, 1.82) is 0 Å². The van der Waals surface area contributed by atoms with Gasteiger partial charge in [0.25, 0.3) is 0 Å². The highest BCUT2D eigenvalue weighted by Gasteiger charge is 2.30. The number of rotatable bonds is 49. The Morgan fingerprint density at radius 3 is 1.45 bits per heavy atom. The Labute approximate surface area is 461 Å². The maximum absolute atomic E-state index is 13.0. The van der Waals surface area contributed by atoms with Gasteiger partial charge in [-0.25, -0.2) is 4.79 Å². The zero-order chi connectivity index (χ0) is 57.0. The zero-order valence-corrected chi connectivity index (χ0v) is 46.5. The van der Waals surface area contributed by atoms with Crippen LogP contribution >= 0.6 is 0 Å². The number of aromatic nitrogens is 1. The van der Waals surface area contributed by atoms with E-state index in [1.54, 1.807) is 6.92 Å². The normalized spacial score (nSPS) is 14.5. The highest BCUT2D eigenvalue weighted by Crippen LogP contribution is 2.29. The summed E-state index contributed by atoms with van der Waals surface area (Å²) in [5.41, 5.74) is 0.504. The molecule has 0 aliphatic heterocycles. The van der Waals surface area contributed by atoms with Gasteiger partial charge in [0.05, 0.1) is 39.6 Å². The lowest BCUT2D eigenvalue weighted by atomic mass is 9.81. The first-order valence-electron chi connectivity index (χ1n) is 28.6. The number of amides is 6. The van der Waals surface area contributed by atoms with Gasteiger partial charge < -0.3 is 71.3 Å². The number of carboxylic acids is 2. The molecule has 10 N–H and O–H groups in total. The van der Waals surface area contributed by atoms with Gasteiger partial charge >= 0.3 is 11.9 Å². The number of unbranched alkanes of at least 4 members (excludes halogenated alkanes) is 15. The summed E-state index contributed by atoms with van der Waals surface area (Å²) in [7, 11) is 0. The van der Waals surface area contributed by atoms with Crippen molar-refractivity contribution in [3.63, 3.8) is 0 Å². The molecule has 1 atom stereocenters. The Kier molecular flexibility index (Phi) is 39.0. The van der Waals surface area contributed by atoms with Crippen molar-refractivity contribution in [1.82, 2.24) is 36.5 Å². The third-order valence-electron chi connectivity index (χ3n) is 13.5. The summed E-state index contributed by atoms with van der Waals surface area (Å²) in [6.07, 6.45) is 22.0. The van der Waals surface area contributed by atoms with Crippen LogP contribution in [0.2, 0.25) is 0 Å². The van der Waals surface area contributed by atoms with Crippen molar-refractivity contribution in [3.8, 4) is 11.8 Å². The molecule has 6 amide bonds. The number of aryl methyl sites for hydroxylation is 1. The number of carbonyl (C=O) groups excluding carboxylic acids is 6. The van der Waals surface area contributed by atoms with Gasteiger partial charge in [0.15, 0.2) is 11.8 Å². The second-order valence-corrected chi connectivity index (χ2v) is 20.2. The van der Waals surface area contributed by atoms with Crippen LogP contribution in [-0.4, -0.2) is 164 Å². The van der Waals surface area contributed by atoms with E-state index < -0.39 is 18.0 Å². The Morgan fingerprint density at radius 2 is 0.962 bits per heavy atom. The van der Waals surface area contributed by atoms with Gasteiger partial charge in [-0.2, -0.15) is 0 Å². The van der Waals surface area contributed by atoms with Gasteiger partial charge in [-0.3, -0.25) is 38.1 Å². The van der Waals surface area contributed by atoms with Crippen molar-refractivity contribution in [3.05, 3.63) is 11.6 Å². The Bertz CT molecular complexity index is 1880. The lowest BCUT2D eigenvalue weighted by molar-refractivity contribution is -0.143. The van der Waals surface area contributed by atoms with E-state index in [0.29, 0.717) is 31.4 Å². The fourth-order valence-electron chi connectivity index (χ4n) is 8.90. The quantitative estimate of drug-likeness (QED) is 0.0401. The monoisotopic (exact) mass is 1110 g/mol. The van der Waals surface area contributed by atoms with Crippen LogP contribution in [0, 0.1) is 18.8 Å². The first-order chi connectivity index (χ1) is 37.7. The summed E-state index contributed by atoms with van der Waals surface area (Å²) < 4.78 is 22.6. The molecule has 1 heterocycles. The average molecular weight is 1110 g/mol. The van der Waals surface area contributed by atoms with Crippen LogP contribution in [0.4, 0.5) is 0 Å². The molecule has 1 aromatic rings. The second-order valence-electron chi connectivity index (χ2n) is 20.2. The number of nitrogens with one attached hydrogen (secondary N) is 6. The molecular formula is C55H95N7O16. The number of carbonyl (C=O) groups is 8. The summed E-state index contributed by atoms with van der Waals surface area (Å²) >= 11 is 0. The molecule has 23 heteroatoms. The van der Waals surface area contributed by atoms with E-state index in [1.807, 2.05) is 0 Å². The van der Waals surface area contributed by atoms with Gasteiger partial charge in [-0.1, -0.05) is 89.9 Å². The predicted octanol–water partition coefficient (Wildman–Crippen LogP) is 4.51. The SMILES string of the molecule is Cc1cc(O)n(CCC(=O)NCCNC(=O)COCCOCCNC(=O)COCCOCCNC(=O)CCC(NC(=O)C2CCC(CNC(=O)CCCCCCCCCCCCCCCCCCC(=O)O)CC2)C(=O)O)c1O. The van der Waals surface area contributed by atoms with E-state index in [2.05, 4.69) is 31.9 Å². The lowest BCUT2D eigenvalue weighted by Gasteiger charge is -2.28. The van der Waals surface area contributed by atoms with E-state index >= 15 is 0 Å². The third kappa shape index (κ3) is 35.8. The molecule has 23 nitrogen and oxygen atoms in total. The van der Waals surface area contributed by atoms with Gasteiger partial charge in [-0.15, -0.1) is 0 Å². The van der Waals surface area contributed by atoms with Crippen LogP contribution < -0.4 is 31.9 Å². The summed E-state index contributed by atoms with van der Waals surface area (Å²) in [6, 6.07) is 0.203. The van der Waals surface area contributed by atoms with Gasteiger partial charge in [-0.05, 0) is 57.8 Å². The second kappa shape index (κ2) is 44.3. The zero-order valence-electron chi connectivity index (χ0n) is 46.5. The van der Waals surface area contributed by atoms with Crippen molar-refractivity contribution in [2.45, 2.75) is 180 Å². The Morgan fingerprint density at radius 1 is 0.526 bits per heavy atom. The maximum Gasteiger partial charge on any atom is 0.326 e. The van der Waals surface area contributed by atoms with Crippen LogP contribution in [-0.2, 0) is 63.8 Å². The number of ether oxygens (including phenoxy) is 4. The van der Waals surface area contributed by atoms with E-state index in [1.165, 1.54) is 74.8 Å². The minimum atomic E-state index is -1.21. The molecule has 1 aromatic heterocycles. The molecule has 2 rings (SSSR count). The molecule has 0 saturated heterocycles. The van der Waals surface area contributed by atoms with E-state index in [4.69, 9.17) is 24.1 Å². The summed E-state index contributed by atoms with van der Waals surface area (Å²) in [5.74, 6) is -3.87. The summed E-state index contributed by atoms with van der Waals surface area (Å²) in [4.78, 5) is 96.3. The summed E-state index contributed by atoms with van der Waals surface area (Å²) in [6.45, 7) is 3.75. The molecule has 1 unspecified atom stereocenters. The smallest absolute Gasteiger partial charge is 0.326 e. The fourth-order valence-corrected chi connectivity index (χ4v) is 8.90. The first-order valence-corrected chi connectivity index (χ1v) is 28.6. The highest BCUT2D eigenvalue weighted by molar-refractivity contribution is 5.86. The van der Waals surface area contributed by atoms with Crippen LogP contribution in [0.25, 0.3) is 0 Å². The minimum absolute atomic E-state index is 0.0328. The molecule has 1 saturated carbocycles. The standard InChI is InChI=1S/C55H95N7O16/c1-42-38-51(68)62(54(42)72)31-26-48(65)56-27-28-57-49(66)40-77-36-35-76-33-30-59-50(67)41-78-37-34-75-32-29-58-47(64)25-24-45(55(73)74)61-53(71)44-22-20-43(21-23-44)39-60-46(63)18-16-14-12-10-8-6-4-2-3-5-7-9-11-13-15-17-19-52(69)70/h38,43-45,68,72H,2-37,39-41H2,1H3,(H,56,65)(H,57,66)(H,58,64)(H,59,67)(H,60,63)(H,61,71)(H,69,70)(H,73,74). The van der Waals surface area contributed by atoms with Crippen molar-refractivity contribution in [2.75, 3.05) is 85.6 Å². The first kappa shape index (κ1) is 68.6. The average Bonchev–Trinajstić information content (AvgIpc) is 3.66. The molecule has 0 aromatic carbocycles. The molecule has 0 bridgehead atoms. The van der Waals surface area contributed by atoms with Crippen molar-refractivity contribution < 1.29 is 77.7 Å². The molecule has 0 spiro atoms. The molecule has 446 valence electrons. The van der Waals surface area contributed by atoms with Crippen molar-refractivity contribution >= 4 is 47.4 Å². The summed E-state index contributed by atoms with van der Waals surface area (Å²) in [5, 5.41) is 54.3. The number of aromatic hydroxyl groups is 2. The van der Waals surface area contributed by atoms with Gasteiger partial charge in [0.1, 0.15) is 19.3 Å². The maximum atomic E-state index is 13.0. The minimum Gasteiger partial charge on any atom is -0.494 e. The molecule has 1 fully saturated rings. The number of nitrogens with zero attached hydrogens (tertiary/aromatic N) is 1. The number of aliphatic carboxylic acids is 2. The Hall–Kier alpha value is -5.52. The molecule has 1 aliphatic rings. The third-order valence-corrected chi connectivity index (χ3v) is 13.5. The predicted molar refractivity (Wildman–Crippen MR) is 290 cm³/mol. The van der Waals surface area contributed by atoms with E-state index in [0.717, 1.165) is 51.4 Å². The van der Waals surface area contributed by atoms with Crippen LogP contribution in [0.15, 0.2) is 6.07 Å². The van der Waals surface area contributed by atoms with E-state index in [9.17, 15) is 53.7 Å². The fraction of sp³-hybridized carbons (Fsp3) is 0.782. The van der Waals surface area contributed by atoms with Gasteiger partial charge in [0, 0.05) is 82.5 Å². The molecule has 78 heavy (non-hydrogen) atoms. The van der Waals surface area contributed by atoms with Gasteiger partial charge in [0.2, 0.25) is 35.4 Å². The van der Waals surface area contributed by atoms with Crippen LogP contribution in [0.3, 0.4) is 0 Å². The van der Waals surface area contributed by atoms with Crippen molar-refractivity contribution in [2.24, 2.45) is 11.8 Å². The lowest BCUT2D eigenvalue weighted by Crippen LogP contribution is -2.45. The van der Waals surface area contributed by atoms with Crippen LogP contribution in [0.1, 0.15) is 166 Å². The largest absolute Gasteiger partial charge is 0.494 e. The Balaban J connectivity index is 1.35. The molecule has 0 radical (unpaired) electrons. The molecule has 1 aliphatic carbocycles. The van der Waals surface area contributed by atoms with E-state index in [-0.39, 0.29) is 170 Å². The van der Waals surface area contributed by atoms with Crippen LogP contribution in [0.5, 0.6) is 11.8 Å².